The normalized spacial score (nSPS) is 16.3. The minimum atomic E-state index is 0.245. The van der Waals surface area contributed by atoms with Gasteiger partial charge < -0.3 is 20.8 Å². The van der Waals surface area contributed by atoms with E-state index in [1.54, 1.807) is 12.3 Å². The topological polar surface area (TPSA) is 104 Å². The first kappa shape index (κ1) is 14.4. The lowest BCUT2D eigenvalue weighted by Gasteiger charge is -2.15. The van der Waals surface area contributed by atoms with Crippen LogP contribution in [0.25, 0.3) is 17.1 Å². The Kier molecular flexibility index (Phi) is 3.70. The molecule has 0 radical (unpaired) electrons. The van der Waals surface area contributed by atoms with E-state index in [1.165, 1.54) is 20.0 Å². The van der Waals surface area contributed by atoms with Crippen LogP contribution in [-0.4, -0.2) is 28.4 Å². The minimum absolute atomic E-state index is 0.245. The number of hydrogen-bond donors (Lipinski definition) is 2. The first-order chi connectivity index (χ1) is 10.7. The lowest BCUT2D eigenvalue weighted by molar-refractivity contribution is 0.291. The Balaban J connectivity index is 2.31. The maximum Gasteiger partial charge on any atom is 0.221 e. The van der Waals surface area contributed by atoms with E-state index < -0.39 is 0 Å². The second-order valence-electron chi connectivity index (χ2n) is 5.42. The Hall–Kier alpha value is -2.57. The number of anilines is 1. The Bertz CT molecular complexity index is 742. The lowest BCUT2D eigenvalue weighted by Crippen LogP contribution is -2.06. The van der Waals surface area contributed by atoms with Crippen LogP contribution in [0.1, 0.15) is 37.3 Å². The summed E-state index contributed by atoms with van der Waals surface area (Å²) < 4.78 is 7.18. The van der Waals surface area contributed by atoms with E-state index in [1.807, 2.05) is 0 Å². The summed E-state index contributed by atoms with van der Waals surface area (Å²) in [6.07, 6.45) is 8.03. The van der Waals surface area contributed by atoms with Crippen molar-refractivity contribution in [3.8, 4) is 0 Å². The summed E-state index contributed by atoms with van der Waals surface area (Å²) in [4.78, 5) is 12.7. The zero-order valence-corrected chi connectivity index (χ0v) is 12.6. The van der Waals surface area contributed by atoms with Crippen LogP contribution >= 0.6 is 0 Å². The molecule has 22 heavy (non-hydrogen) atoms. The fraction of sp³-hybridized carbons (Fsp3) is 0.400. The molecule has 1 aliphatic rings. The summed E-state index contributed by atoms with van der Waals surface area (Å²) in [5, 5.41) is 0.850. The zero-order valence-electron chi connectivity index (χ0n) is 12.6. The number of ether oxygens (including phenoxy) is 1. The number of methoxy groups -OCH3 is 1. The number of fused-ring (bicyclic) bond motifs is 1. The van der Waals surface area contributed by atoms with E-state index in [4.69, 9.17) is 16.2 Å². The van der Waals surface area contributed by atoms with Gasteiger partial charge in [-0.2, -0.15) is 4.98 Å². The van der Waals surface area contributed by atoms with E-state index >= 15 is 0 Å². The van der Waals surface area contributed by atoms with Gasteiger partial charge in [-0.3, -0.25) is 0 Å². The molecule has 7 nitrogen and oxygen atoms in total. The van der Waals surface area contributed by atoms with Crippen molar-refractivity contribution in [1.29, 1.82) is 0 Å². The van der Waals surface area contributed by atoms with Gasteiger partial charge in [-0.15, -0.1) is 0 Å². The molecule has 0 aliphatic heterocycles. The van der Waals surface area contributed by atoms with Crippen molar-refractivity contribution in [2.24, 2.45) is 10.7 Å². The predicted octanol–water partition coefficient (Wildman–Crippen LogP) is 2.36. The third kappa shape index (κ3) is 2.28. The number of aromatic nitrogens is 3. The molecule has 1 fully saturated rings. The van der Waals surface area contributed by atoms with E-state index in [2.05, 4.69) is 26.2 Å². The summed E-state index contributed by atoms with van der Waals surface area (Å²) in [5.74, 6) is 1.28. The Labute approximate surface area is 128 Å². The van der Waals surface area contributed by atoms with Crippen molar-refractivity contribution < 1.29 is 4.74 Å². The van der Waals surface area contributed by atoms with Gasteiger partial charge in [0.15, 0.2) is 5.88 Å². The van der Waals surface area contributed by atoms with Gasteiger partial charge in [0.2, 0.25) is 5.95 Å². The van der Waals surface area contributed by atoms with Crippen molar-refractivity contribution in [3.63, 3.8) is 0 Å². The molecule has 0 saturated heterocycles. The lowest BCUT2D eigenvalue weighted by atomic mass is 10.2. The van der Waals surface area contributed by atoms with Crippen molar-refractivity contribution in [3.05, 3.63) is 17.6 Å². The molecule has 0 unspecified atom stereocenters. The molecule has 2 aromatic heterocycles. The van der Waals surface area contributed by atoms with Gasteiger partial charge in [-0.05, 0) is 19.6 Å². The van der Waals surface area contributed by atoms with Crippen molar-refractivity contribution in [2.45, 2.75) is 31.7 Å². The maximum atomic E-state index is 5.81. The van der Waals surface area contributed by atoms with Crippen LogP contribution < -0.4 is 11.5 Å². The van der Waals surface area contributed by atoms with Crippen LogP contribution in [0.2, 0.25) is 0 Å². The highest BCUT2D eigenvalue weighted by Gasteiger charge is 2.25. The number of hydrogen-bond acceptors (Lipinski definition) is 6. The molecule has 116 valence electrons. The molecule has 0 atom stereocenters. The van der Waals surface area contributed by atoms with Gasteiger partial charge in [0.25, 0.3) is 0 Å². The van der Waals surface area contributed by atoms with Crippen molar-refractivity contribution >= 4 is 35.6 Å². The molecule has 0 amide bonds. The zero-order chi connectivity index (χ0) is 15.7. The van der Waals surface area contributed by atoms with E-state index in [-0.39, 0.29) is 5.95 Å². The summed E-state index contributed by atoms with van der Waals surface area (Å²) in [7, 11) is 1.53. The SMILES string of the molecule is C=Nc1c(/C=C(\N)OC)c2cnc(N)nc2n1C1CCCC1. The van der Waals surface area contributed by atoms with Crippen molar-refractivity contribution in [2.75, 3.05) is 12.8 Å². The number of nitrogens with zero attached hydrogens (tertiary/aromatic N) is 4. The van der Waals surface area contributed by atoms with Crippen LogP contribution in [0.4, 0.5) is 11.8 Å². The predicted molar refractivity (Wildman–Crippen MR) is 87.8 cm³/mol. The third-order valence-corrected chi connectivity index (χ3v) is 4.14. The monoisotopic (exact) mass is 300 g/mol. The van der Waals surface area contributed by atoms with Gasteiger partial charge in [0.05, 0.1) is 7.11 Å². The molecule has 4 N–H and O–H groups in total. The average Bonchev–Trinajstić information content (AvgIpc) is 3.12. The van der Waals surface area contributed by atoms with E-state index in [0.717, 1.165) is 35.3 Å². The Morgan fingerprint density at radius 3 is 2.86 bits per heavy atom. The molecule has 0 bridgehead atoms. The van der Waals surface area contributed by atoms with Crippen LogP contribution in [0.5, 0.6) is 0 Å². The standard InChI is InChI=1S/C15H20N6O/c1-18-13-10(7-12(16)22-2)11-8-19-15(17)20-14(11)21(13)9-5-3-4-6-9/h7-9H,1,3-6,16H2,2H3,(H2,17,19,20)/b12-7+. The highest BCUT2D eigenvalue weighted by Crippen LogP contribution is 2.40. The number of rotatable bonds is 4. The molecule has 3 rings (SSSR count). The highest BCUT2D eigenvalue weighted by atomic mass is 16.5. The molecule has 2 aromatic rings. The quantitative estimate of drug-likeness (QED) is 0.666. The summed E-state index contributed by atoms with van der Waals surface area (Å²) in [6.45, 7) is 3.71. The van der Waals surface area contributed by atoms with Gasteiger partial charge >= 0.3 is 0 Å². The molecular weight excluding hydrogens is 280 g/mol. The van der Waals surface area contributed by atoms with Crippen LogP contribution in [0.15, 0.2) is 17.1 Å². The number of nitrogens with two attached hydrogens (primary N) is 2. The van der Waals surface area contributed by atoms with Gasteiger partial charge in [-0.1, -0.05) is 12.8 Å². The highest BCUT2D eigenvalue weighted by molar-refractivity contribution is 5.93. The van der Waals surface area contributed by atoms with E-state index in [0.29, 0.717) is 11.9 Å². The van der Waals surface area contributed by atoms with Gasteiger partial charge in [0.1, 0.15) is 11.5 Å². The summed E-state index contributed by atoms with van der Waals surface area (Å²) >= 11 is 0. The first-order valence-electron chi connectivity index (χ1n) is 7.30. The average molecular weight is 300 g/mol. The molecule has 0 spiro atoms. The molecule has 0 aromatic carbocycles. The Morgan fingerprint density at radius 1 is 1.50 bits per heavy atom. The maximum absolute atomic E-state index is 5.81. The van der Waals surface area contributed by atoms with Crippen molar-refractivity contribution in [1.82, 2.24) is 14.5 Å². The summed E-state index contributed by atoms with van der Waals surface area (Å²) in [6, 6.07) is 0.350. The molecule has 1 aliphatic carbocycles. The minimum Gasteiger partial charge on any atom is -0.483 e. The number of aliphatic imine (C=N–C) groups is 1. The summed E-state index contributed by atoms with van der Waals surface area (Å²) in [5.41, 5.74) is 13.2. The Morgan fingerprint density at radius 2 is 2.23 bits per heavy atom. The number of nitrogen functional groups attached to an aromatic ring is 1. The molecule has 1 saturated carbocycles. The van der Waals surface area contributed by atoms with E-state index in [9.17, 15) is 0 Å². The van der Waals surface area contributed by atoms with Gasteiger partial charge in [-0.25, -0.2) is 9.98 Å². The van der Waals surface area contributed by atoms with Gasteiger partial charge in [0, 0.05) is 29.3 Å². The second-order valence-corrected chi connectivity index (χ2v) is 5.42. The fourth-order valence-electron chi connectivity index (χ4n) is 3.12. The molecule has 7 heteroatoms. The third-order valence-electron chi connectivity index (χ3n) is 4.14. The second kappa shape index (κ2) is 5.67. The van der Waals surface area contributed by atoms with Crippen LogP contribution in [0.3, 0.4) is 0 Å². The smallest absolute Gasteiger partial charge is 0.221 e. The molecular formula is C15H20N6O. The van der Waals surface area contributed by atoms with Crippen LogP contribution in [-0.2, 0) is 4.74 Å². The first-order valence-corrected chi connectivity index (χ1v) is 7.30. The largest absolute Gasteiger partial charge is 0.483 e. The van der Waals surface area contributed by atoms with Crippen LogP contribution in [0, 0.1) is 0 Å². The fourth-order valence-corrected chi connectivity index (χ4v) is 3.12. The molecule has 2 heterocycles.